The molecule has 0 radical (unpaired) electrons. The maximum atomic E-state index is 13.4. The number of nitro benzene ring substituents is 1. The lowest BCUT2D eigenvalue weighted by molar-refractivity contribution is -0.384. The number of benzene rings is 1. The van der Waals surface area contributed by atoms with Gasteiger partial charge in [-0.2, -0.15) is 0 Å². The Balaban J connectivity index is 2.21. The van der Waals surface area contributed by atoms with Crippen molar-refractivity contribution in [1.82, 2.24) is 0 Å². The van der Waals surface area contributed by atoms with Crippen molar-refractivity contribution in [3.05, 3.63) is 33.1 Å². The van der Waals surface area contributed by atoms with Crippen LogP contribution in [0.25, 0.3) is 0 Å². The SMILES string of the molecule is NCCC1CCN(c2cc(Cl)c(F)cc2[N+](=O)[O-])CC1. The average Bonchev–Trinajstić information content (AvgIpc) is 2.42. The Kier molecular flexibility index (Phi) is 4.77. The Morgan fingerprint density at radius 3 is 2.65 bits per heavy atom. The summed E-state index contributed by atoms with van der Waals surface area (Å²) in [5, 5.41) is 11.0. The van der Waals surface area contributed by atoms with Crippen molar-refractivity contribution in [2.75, 3.05) is 24.5 Å². The van der Waals surface area contributed by atoms with Crippen molar-refractivity contribution < 1.29 is 9.31 Å². The molecule has 1 aliphatic rings. The number of rotatable bonds is 4. The van der Waals surface area contributed by atoms with Gasteiger partial charge in [-0.1, -0.05) is 11.6 Å². The van der Waals surface area contributed by atoms with Gasteiger partial charge in [0.25, 0.3) is 5.69 Å². The van der Waals surface area contributed by atoms with E-state index in [0.29, 0.717) is 31.2 Å². The van der Waals surface area contributed by atoms with Crippen LogP contribution < -0.4 is 10.6 Å². The second kappa shape index (κ2) is 6.37. The highest BCUT2D eigenvalue weighted by molar-refractivity contribution is 6.31. The van der Waals surface area contributed by atoms with Crippen molar-refractivity contribution in [2.24, 2.45) is 11.7 Å². The zero-order valence-corrected chi connectivity index (χ0v) is 11.8. The third-order valence-corrected chi connectivity index (χ3v) is 4.03. The molecule has 0 spiro atoms. The molecule has 1 aromatic carbocycles. The standard InChI is InChI=1S/C13H17ClFN3O2/c14-10-7-12(13(18(19)20)8-11(10)15)17-5-2-9(1-4-16)3-6-17/h7-9H,1-6,16H2. The zero-order chi connectivity index (χ0) is 14.7. The van der Waals surface area contributed by atoms with Gasteiger partial charge in [0.05, 0.1) is 16.0 Å². The molecule has 0 aromatic heterocycles. The van der Waals surface area contributed by atoms with E-state index in [1.54, 1.807) is 0 Å². The molecule has 1 aromatic rings. The van der Waals surface area contributed by atoms with E-state index in [-0.39, 0.29) is 10.7 Å². The molecule has 0 unspecified atom stereocenters. The Bertz CT molecular complexity index is 505. The van der Waals surface area contributed by atoms with E-state index in [2.05, 4.69) is 0 Å². The third kappa shape index (κ3) is 3.19. The summed E-state index contributed by atoms with van der Waals surface area (Å²) in [6.45, 7) is 2.06. The summed E-state index contributed by atoms with van der Waals surface area (Å²) in [6, 6.07) is 2.24. The highest BCUT2D eigenvalue weighted by atomic mass is 35.5. The molecule has 2 rings (SSSR count). The van der Waals surface area contributed by atoms with Crippen LogP contribution in [0.5, 0.6) is 0 Å². The van der Waals surface area contributed by atoms with Gasteiger partial charge in [0.15, 0.2) is 0 Å². The van der Waals surface area contributed by atoms with E-state index >= 15 is 0 Å². The number of nitro groups is 1. The summed E-state index contributed by atoms with van der Waals surface area (Å²) < 4.78 is 13.4. The zero-order valence-electron chi connectivity index (χ0n) is 11.0. The van der Waals surface area contributed by atoms with E-state index in [0.717, 1.165) is 25.3 Å². The van der Waals surface area contributed by atoms with Crippen LogP contribution in [0.2, 0.25) is 5.02 Å². The first-order chi connectivity index (χ1) is 9.52. The topological polar surface area (TPSA) is 72.4 Å². The fourth-order valence-corrected chi connectivity index (χ4v) is 2.78. The third-order valence-electron chi connectivity index (χ3n) is 3.74. The first-order valence-electron chi connectivity index (χ1n) is 6.61. The van der Waals surface area contributed by atoms with Gasteiger partial charge < -0.3 is 10.6 Å². The fraction of sp³-hybridized carbons (Fsp3) is 0.538. The summed E-state index contributed by atoms with van der Waals surface area (Å²) >= 11 is 5.75. The molecular weight excluding hydrogens is 285 g/mol. The van der Waals surface area contributed by atoms with Crippen molar-refractivity contribution >= 4 is 23.0 Å². The van der Waals surface area contributed by atoms with E-state index in [4.69, 9.17) is 17.3 Å². The molecule has 1 heterocycles. The molecule has 2 N–H and O–H groups in total. The molecule has 20 heavy (non-hydrogen) atoms. The second-order valence-corrected chi connectivity index (χ2v) is 5.43. The van der Waals surface area contributed by atoms with Crippen molar-refractivity contribution in [3.8, 4) is 0 Å². The summed E-state index contributed by atoms with van der Waals surface area (Å²) in [7, 11) is 0. The summed E-state index contributed by atoms with van der Waals surface area (Å²) in [4.78, 5) is 12.4. The molecule has 1 aliphatic heterocycles. The maximum Gasteiger partial charge on any atom is 0.295 e. The van der Waals surface area contributed by atoms with E-state index in [1.165, 1.54) is 6.07 Å². The second-order valence-electron chi connectivity index (χ2n) is 5.02. The lowest BCUT2D eigenvalue weighted by Crippen LogP contribution is -2.34. The number of halogens is 2. The molecule has 0 aliphatic carbocycles. The van der Waals surface area contributed by atoms with E-state index in [1.807, 2.05) is 4.90 Å². The van der Waals surface area contributed by atoms with Gasteiger partial charge in [0.2, 0.25) is 0 Å². The van der Waals surface area contributed by atoms with Gasteiger partial charge in [-0.3, -0.25) is 10.1 Å². The Morgan fingerprint density at radius 2 is 2.10 bits per heavy atom. The van der Waals surface area contributed by atoms with Gasteiger partial charge in [-0.05, 0) is 37.8 Å². The van der Waals surface area contributed by atoms with Gasteiger partial charge in [-0.25, -0.2) is 4.39 Å². The van der Waals surface area contributed by atoms with E-state index < -0.39 is 10.7 Å². The number of piperidine rings is 1. The average molecular weight is 302 g/mol. The first-order valence-corrected chi connectivity index (χ1v) is 6.99. The molecule has 0 saturated carbocycles. The van der Waals surface area contributed by atoms with Crippen molar-refractivity contribution in [1.29, 1.82) is 0 Å². The van der Waals surface area contributed by atoms with Crippen LogP contribution in [0.15, 0.2) is 12.1 Å². The van der Waals surface area contributed by atoms with Crippen LogP contribution in [0.4, 0.5) is 15.8 Å². The lowest BCUT2D eigenvalue weighted by Gasteiger charge is -2.33. The predicted molar refractivity (Wildman–Crippen MR) is 76.7 cm³/mol. The monoisotopic (exact) mass is 301 g/mol. The number of anilines is 1. The molecule has 5 nitrogen and oxygen atoms in total. The molecule has 0 bridgehead atoms. The molecule has 0 amide bonds. The smallest absolute Gasteiger partial charge is 0.295 e. The minimum atomic E-state index is -0.764. The molecule has 0 atom stereocenters. The van der Waals surface area contributed by atoms with Gasteiger partial charge in [0, 0.05) is 13.1 Å². The number of nitrogens with two attached hydrogens (primary N) is 1. The first kappa shape index (κ1) is 15.0. The number of nitrogens with zero attached hydrogens (tertiary/aromatic N) is 2. The quantitative estimate of drug-likeness (QED) is 0.685. The van der Waals surface area contributed by atoms with Crippen molar-refractivity contribution in [2.45, 2.75) is 19.3 Å². The number of hydrogen-bond acceptors (Lipinski definition) is 4. The normalized spacial score (nSPS) is 16.4. The van der Waals surface area contributed by atoms with Crippen LogP contribution in [-0.2, 0) is 0 Å². The van der Waals surface area contributed by atoms with Gasteiger partial charge >= 0.3 is 0 Å². The lowest BCUT2D eigenvalue weighted by atomic mass is 9.93. The van der Waals surface area contributed by atoms with Crippen LogP contribution in [0.3, 0.4) is 0 Å². The van der Waals surface area contributed by atoms with Crippen LogP contribution >= 0.6 is 11.6 Å². The minimum absolute atomic E-state index is 0.0883. The summed E-state index contributed by atoms with van der Waals surface area (Å²) in [6.07, 6.45) is 2.84. The molecule has 1 saturated heterocycles. The van der Waals surface area contributed by atoms with Crippen LogP contribution in [0, 0.1) is 21.8 Å². The van der Waals surface area contributed by atoms with Crippen molar-refractivity contribution in [3.63, 3.8) is 0 Å². The molecule has 7 heteroatoms. The summed E-state index contributed by atoms with van der Waals surface area (Å²) in [5.41, 5.74) is 5.71. The largest absolute Gasteiger partial charge is 0.366 e. The minimum Gasteiger partial charge on any atom is -0.366 e. The predicted octanol–water partition coefficient (Wildman–Crippen LogP) is 2.95. The maximum absolute atomic E-state index is 13.4. The highest BCUT2D eigenvalue weighted by Gasteiger charge is 2.26. The van der Waals surface area contributed by atoms with E-state index in [9.17, 15) is 14.5 Å². The van der Waals surface area contributed by atoms with Crippen LogP contribution in [-0.4, -0.2) is 24.6 Å². The molecular formula is C13H17ClFN3O2. The fourth-order valence-electron chi connectivity index (χ4n) is 2.62. The van der Waals surface area contributed by atoms with Gasteiger partial charge in [-0.15, -0.1) is 0 Å². The molecule has 1 fully saturated rings. The highest BCUT2D eigenvalue weighted by Crippen LogP contribution is 2.35. The van der Waals surface area contributed by atoms with Crippen LogP contribution in [0.1, 0.15) is 19.3 Å². The summed E-state index contributed by atoms with van der Waals surface area (Å²) in [5.74, 6) is -0.202. The Morgan fingerprint density at radius 1 is 1.45 bits per heavy atom. The Labute approximate surface area is 121 Å². The van der Waals surface area contributed by atoms with Gasteiger partial charge in [0.1, 0.15) is 11.5 Å². The Hall–Kier alpha value is -1.40. The number of hydrogen-bond donors (Lipinski definition) is 1. The molecule has 110 valence electrons.